The SMILES string of the molecule is COCc1ccc(-c2c(-c3ccc(C#N)c(F)c3)cc(OC[C@H]3CCNC3)c(=O)n2C)cc1. The molecule has 1 saturated heterocycles. The number of rotatable bonds is 7. The van der Waals surface area contributed by atoms with Crippen LogP contribution in [0, 0.1) is 23.1 Å². The van der Waals surface area contributed by atoms with Crippen molar-refractivity contribution >= 4 is 0 Å². The van der Waals surface area contributed by atoms with Gasteiger partial charge in [-0.3, -0.25) is 4.79 Å². The van der Waals surface area contributed by atoms with Gasteiger partial charge in [-0.1, -0.05) is 30.3 Å². The maximum atomic E-state index is 14.5. The first-order valence-corrected chi connectivity index (χ1v) is 10.9. The number of hydrogen-bond donors (Lipinski definition) is 1. The third-order valence-electron chi connectivity index (χ3n) is 5.96. The third-order valence-corrected chi connectivity index (χ3v) is 5.96. The molecule has 1 fully saturated rings. The van der Waals surface area contributed by atoms with Crippen LogP contribution in [0.5, 0.6) is 5.75 Å². The second-order valence-electron chi connectivity index (χ2n) is 8.24. The van der Waals surface area contributed by atoms with Crippen LogP contribution in [0.1, 0.15) is 17.5 Å². The monoisotopic (exact) mass is 447 g/mol. The second-order valence-corrected chi connectivity index (χ2v) is 8.24. The Morgan fingerprint density at radius 1 is 1.18 bits per heavy atom. The van der Waals surface area contributed by atoms with E-state index < -0.39 is 5.82 Å². The van der Waals surface area contributed by atoms with Gasteiger partial charge in [0.1, 0.15) is 11.9 Å². The number of ether oxygens (including phenoxy) is 2. The number of nitriles is 1. The van der Waals surface area contributed by atoms with Crippen LogP contribution < -0.4 is 15.6 Å². The first kappa shape index (κ1) is 22.7. The van der Waals surface area contributed by atoms with Crippen molar-refractivity contribution in [3.8, 4) is 34.2 Å². The molecular formula is C26H26FN3O3. The van der Waals surface area contributed by atoms with Gasteiger partial charge in [0.25, 0.3) is 5.56 Å². The Balaban J connectivity index is 1.83. The van der Waals surface area contributed by atoms with Crippen molar-refractivity contribution < 1.29 is 13.9 Å². The molecule has 1 N–H and O–H groups in total. The Labute approximate surface area is 192 Å². The molecule has 2 aromatic carbocycles. The van der Waals surface area contributed by atoms with Crippen molar-refractivity contribution in [3.05, 3.63) is 75.8 Å². The lowest BCUT2D eigenvalue weighted by Crippen LogP contribution is -2.24. The Kier molecular flexibility index (Phi) is 6.87. The molecule has 0 radical (unpaired) electrons. The van der Waals surface area contributed by atoms with Crippen LogP contribution in [-0.2, 0) is 18.4 Å². The summed E-state index contributed by atoms with van der Waals surface area (Å²) in [6.45, 7) is 2.73. The Morgan fingerprint density at radius 2 is 1.94 bits per heavy atom. The number of aromatic nitrogens is 1. The molecule has 0 saturated carbocycles. The lowest BCUT2D eigenvalue weighted by Gasteiger charge is -2.18. The molecule has 1 aromatic heterocycles. The normalized spacial score (nSPS) is 15.4. The zero-order chi connectivity index (χ0) is 23.4. The molecule has 7 heteroatoms. The predicted molar refractivity (Wildman–Crippen MR) is 124 cm³/mol. The fraction of sp³-hybridized carbons (Fsp3) is 0.308. The summed E-state index contributed by atoms with van der Waals surface area (Å²) < 4.78 is 27.2. The standard InChI is InChI=1S/C26H26FN3O3/c1-30-25(19-5-3-17(4-6-19)15-32-2)22(20-7-8-21(13-28)23(27)11-20)12-24(26(30)31)33-16-18-9-10-29-14-18/h3-8,11-12,18,29H,9-10,14-16H2,1-2H3/t18-/m0/s1. The minimum absolute atomic E-state index is 0.0285. The van der Waals surface area contributed by atoms with Crippen LogP contribution in [-0.4, -0.2) is 31.4 Å². The van der Waals surface area contributed by atoms with Gasteiger partial charge < -0.3 is 19.4 Å². The van der Waals surface area contributed by atoms with E-state index >= 15 is 0 Å². The van der Waals surface area contributed by atoms with Gasteiger partial charge in [0.15, 0.2) is 5.75 Å². The number of benzene rings is 2. The summed E-state index contributed by atoms with van der Waals surface area (Å²) in [6, 6.07) is 15.7. The number of halogens is 1. The van der Waals surface area contributed by atoms with Crippen molar-refractivity contribution in [2.24, 2.45) is 13.0 Å². The van der Waals surface area contributed by atoms with E-state index in [1.807, 2.05) is 30.3 Å². The molecule has 0 bridgehead atoms. The molecule has 6 nitrogen and oxygen atoms in total. The van der Waals surface area contributed by atoms with Gasteiger partial charge in [-0.05, 0) is 47.9 Å². The molecule has 0 aliphatic carbocycles. The van der Waals surface area contributed by atoms with Gasteiger partial charge in [-0.25, -0.2) is 4.39 Å². The third kappa shape index (κ3) is 4.82. The molecule has 33 heavy (non-hydrogen) atoms. The summed E-state index contributed by atoms with van der Waals surface area (Å²) >= 11 is 0. The van der Waals surface area contributed by atoms with Gasteiger partial charge in [-0.2, -0.15) is 5.26 Å². The number of methoxy groups -OCH3 is 1. The van der Waals surface area contributed by atoms with Crippen LogP contribution in [0.3, 0.4) is 0 Å². The van der Waals surface area contributed by atoms with Crippen molar-refractivity contribution in [3.63, 3.8) is 0 Å². The molecule has 4 rings (SSSR count). The summed E-state index contributed by atoms with van der Waals surface area (Å²) in [5.74, 6) is -0.0350. The van der Waals surface area contributed by atoms with E-state index in [1.165, 1.54) is 12.1 Å². The topological polar surface area (TPSA) is 76.3 Å². The summed E-state index contributed by atoms with van der Waals surface area (Å²) in [5.41, 5.74) is 3.38. The molecule has 1 aliphatic rings. The van der Waals surface area contributed by atoms with Gasteiger partial charge in [0.2, 0.25) is 0 Å². The second kappa shape index (κ2) is 9.99. The van der Waals surface area contributed by atoms with Crippen molar-refractivity contribution in [1.82, 2.24) is 9.88 Å². The summed E-state index contributed by atoms with van der Waals surface area (Å²) in [7, 11) is 3.32. The van der Waals surface area contributed by atoms with E-state index in [4.69, 9.17) is 14.7 Å². The van der Waals surface area contributed by atoms with E-state index in [9.17, 15) is 9.18 Å². The highest BCUT2D eigenvalue weighted by Crippen LogP contribution is 2.34. The Morgan fingerprint density at radius 3 is 2.58 bits per heavy atom. The van der Waals surface area contributed by atoms with Crippen LogP contribution in [0.2, 0.25) is 0 Å². The number of nitrogens with one attached hydrogen (secondary N) is 1. The Bertz CT molecular complexity index is 1240. The van der Waals surface area contributed by atoms with Crippen molar-refractivity contribution in [1.29, 1.82) is 5.26 Å². The highest BCUT2D eigenvalue weighted by atomic mass is 19.1. The molecular weight excluding hydrogens is 421 g/mol. The van der Waals surface area contributed by atoms with E-state index in [1.54, 1.807) is 30.9 Å². The van der Waals surface area contributed by atoms with E-state index in [-0.39, 0.29) is 16.9 Å². The highest BCUT2D eigenvalue weighted by molar-refractivity contribution is 5.82. The zero-order valence-electron chi connectivity index (χ0n) is 18.7. The molecule has 0 spiro atoms. The van der Waals surface area contributed by atoms with Crippen LogP contribution in [0.4, 0.5) is 4.39 Å². The van der Waals surface area contributed by atoms with E-state index in [0.29, 0.717) is 36.0 Å². The maximum absolute atomic E-state index is 14.5. The van der Waals surface area contributed by atoms with E-state index in [2.05, 4.69) is 5.32 Å². The molecule has 0 unspecified atom stereocenters. The summed E-state index contributed by atoms with van der Waals surface area (Å²) in [5, 5.41) is 12.4. The number of nitrogens with zero attached hydrogens (tertiary/aromatic N) is 2. The van der Waals surface area contributed by atoms with Gasteiger partial charge in [-0.15, -0.1) is 0 Å². The first-order valence-electron chi connectivity index (χ1n) is 10.9. The van der Waals surface area contributed by atoms with Gasteiger partial charge in [0, 0.05) is 32.2 Å². The minimum Gasteiger partial charge on any atom is -0.488 e. The molecule has 170 valence electrons. The first-order chi connectivity index (χ1) is 16.0. The fourth-order valence-corrected chi connectivity index (χ4v) is 4.14. The molecule has 2 heterocycles. The predicted octanol–water partition coefficient (Wildman–Crippen LogP) is 3.86. The maximum Gasteiger partial charge on any atom is 0.293 e. The van der Waals surface area contributed by atoms with Crippen LogP contribution in [0.15, 0.2) is 53.3 Å². The van der Waals surface area contributed by atoms with Crippen molar-refractivity contribution in [2.45, 2.75) is 13.0 Å². The van der Waals surface area contributed by atoms with Gasteiger partial charge in [0.05, 0.1) is 24.5 Å². The highest BCUT2D eigenvalue weighted by Gasteiger charge is 2.20. The average Bonchev–Trinajstić information content (AvgIpc) is 3.34. The number of hydrogen-bond acceptors (Lipinski definition) is 5. The average molecular weight is 448 g/mol. The molecule has 0 amide bonds. The smallest absolute Gasteiger partial charge is 0.293 e. The largest absolute Gasteiger partial charge is 0.488 e. The van der Waals surface area contributed by atoms with Crippen LogP contribution >= 0.6 is 0 Å². The number of pyridine rings is 1. The zero-order valence-corrected chi connectivity index (χ0v) is 18.7. The van der Waals surface area contributed by atoms with Crippen LogP contribution in [0.25, 0.3) is 22.4 Å². The lowest BCUT2D eigenvalue weighted by molar-refractivity contribution is 0.185. The summed E-state index contributed by atoms with van der Waals surface area (Å²) in [6.07, 6.45) is 1.000. The fourth-order valence-electron chi connectivity index (χ4n) is 4.14. The molecule has 3 aromatic rings. The van der Waals surface area contributed by atoms with E-state index in [0.717, 1.165) is 30.6 Å². The quantitative estimate of drug-likeness (QED) is 0.595. The van der Waals surface area contributed by atoms with Gasteiger partial charge >= 0.3 is 0 Å². The Hall–Kier alpha value is -3.47. The summed E-state index contributed by atoms with van der Waals surface area (Å²) in [4.78, 5) is 13.2. The molecule has 1 atom stereocenters. The molecule has 1 aliphatic heterocycles. The lowest BCUT2D eigenvalue weighted by atomic mass is 9.97. The minimum atomic E-state index is -0.607. The van der Waals surface area contributed by atoms with Crippen molar-refractivity contribution in [2.75, 3.05) is 26.8 Å².